The van der Waals surface area contributed by atoms with E-state index >= 15 is 0 Å². The highest BCUT2D eigenvalue weighted by Crippen LogP contribution is 2.16. The van der Waals surface area contributed by atoms with Crippen LogP contribution in [0.1, 0.15) is 0 Å². The second-order valence-corrected chi connectivity index (χ2v) is 2.83. The summed E-state index contributed by atoms with van der Waals surface area (Å²) < 4.78 is 5.06. The van der Waals surface area contributed by atoms with Crippen molar-refractivity contribution in [2.75, 3.05) is 11.9 Å². The average Bonchev–Trinajstić information content (AvgIpc) is 2.76. The van der Waals surface area contributed by atoms with Crippen LogP contribution in [0.4, 0.5) is 5.95 Å². The number of hydrogen-bond donors (Lipinski definition) is 1. The maximum absolute atomic E-state index is 5.06. The van der Waals surface area contributed by atoms with E-state index in [1.54, 1.807) is 18.5 Å². The van der Waals surface area contributed by atoms with Gasteiger partial charge >= 0.3 is 0 Å². The van der Waals surface area contributed by atoms with Crippen molar-refractivity contribution in [3.63, 3.8) is 0 Å². The third-order valence-electron chi connectivity index (χ3n) is 1.76. The minimum atomic E-state index is 0.460. The molecular weight excluding hydrogens is 192 g/mol. The number of nitrogens with one attached hydrogen (secondary N) is 1. The maximum atomic E-state index is 5.06. The van der Waals surface area contributed by atoms with Crippen molar-refractivity contribution >= 4 is 5.95 Å². The van der Waals surface area contributed by atoms with Gasteiger partial charge in [0.2, 0.25) is 0 Å². The Kier molecular flexibility index (Phi) is 2.73. The fourth-order valence-corrected chi connectivity index (χ4v) is 1.07. The molecule has 0 aliphatic carbocycles. The Bertz CT molecular complexity index is 438. The number of hydrogen-bond acceptors (Lipinski definition) is 5. The first-order valence-corrected chi connectivity index (χ1v) is 4.49. The van der Waals surface area contributed by atoms with Crippen LogP contribution in [0.25, 0.3) is 11.5 Å². The summed E-state index contributed by atoms with van der Waals surface area (Å²) >= 11 is 0. The zero-order valence-electron chi connectivity index (χ0n) is 8.05. The molecule has 0 unspecified atom stereocenters. The number of anilines is 1. The van der Waals surface area contributed by atoms with Gasteiger partial charge in [-0.05, 0) is 17.3 Å². The molecule has 2 aromatic heterocycles. The van der Waals surface area contributed by atoms with Gasteiger partial charge in [0.15, 0.2) is 0 Å². The van der Waals surface area contributed by atoms with Crippen molar-refractivity contribution < 1.29 is 4.52 Å². The number of nitrogens with zero attached hydrogens (tertiary/aromatic N) is 3. The van der Waals surface area contributed by atoms with Crippen LogP contribution < -0.4 is 5.32 Å². The van der Waals surface area contributed by atoms with E-state index in [1.807, 2.05) is 12.1 Å². The molecule has 0 radical (unpaired) electrons. The van der Waals surface area contributed by atoms with Crippen molar-refractivity contribution in [3.05, 3.63) is 37.2 Å². The SMILES string of the molecule is C=CCNc1noc(-c2ccncc2)n1. The predicted octanol–water partition coefficient (Wildman–Crippen LogP) is 1.73. The van der Waals surface area contributed by atoms with E-state index < -0.39 is 0 Å². The molecule has 0 aliphatic rings. The van der Waals surface area contributed by atoms with Gasteiger partial charge in [-0.2, -0.15) is 4.98 Å². The Morgan fingerprint density at radius 1 is 1.40 bits per heavy atom. The summed E-state index contributed by atoms with van der Waals surface area (Å²) in [4.78, 5) is 8.06. The van der Waals surface area contributed by atoms with Gasteiger partial charge in [-0.1, -0.05) is 6.08 Å². The Labute approximate surface area is 86.8 Å². The zero-order chi connectivity index (χ0) is 10.5. The molecular formula is C10H10N4O. The van der Waals surface area contributed by atoms with Gasteiger partial charge in [0.25, 0.3) is 11.8 Å². The highest BCUT2D eigenvalue weighted by atomic mass is 16.5. The number of aromatic nitrogens is 3. The van der Waals surface area contributed by atoms with Crippen LogP contribution in [0.15, 0.2) is 41.7 Å². The Balaban J connectivity index is 2.17. The molecule has 0 aromatic carbocycles. The van der Waals surface area contributed by atoms with E-state index in [2.05, 4.69) is 27.0 Å². The monoisotopic (exact) mass is 202 g/mol. The van der Waals surface area contributed by atoms with E-state index in [0.717, 1.165) is 5.56 Å². The van der Waals surface area contributed by atoms with Gasteiger partial charge in [-0.15, -0.1) is 6.58 Å². The molecule has 0 bridgehead atoms. The van der Waals surface area contributed by atoms with Gasteiger partial charge in [0.1, 0.15) is 0 Å². The molecule has 2 heterocycles. The van der Waals surface area contributed by atoms with Crippen LogP contribution in [-0.2, 0) is 0 Å². The lowest BCUT2D eigenvalue weighted by Crippen LogP contribution is -1.98. The van der Waals surface area contributed by atoms with E-state index in [9.17, 15) is 0 Å². The van der Waals surface area contributed by atoms with E-state index in [0.29, 0.717) is 18.4 Å². The van der Waals surface area contributed by atoms with E-state index in [1.165, 1.54) is 0 Å². The van der Waals surface area contributed by atoms with Gasteiger partial charge in [0, 0.05) is 24.5 Å². The quantitative estimate of drug-likeness (QED) is 0.765. The van der Waals surface area contributed by atoms with Crippen LogP contribution in [0.2, 0.25) is 0 Å². The molecule has 0 atom stereocenters. The normalized spacial score (nSPS) is 9.87. The molecule has 0 saturated carbocycles. The fraction of sp³-hybridized carbons (Fsp3) is 0.100. The van der Waals surface area contributed by atoms with Gasteiger partial charge in [-0.25, -0.2) is 0 Å². The molecule has 0 fully saturated rings. The third-order valence-corrected chi connectivity index (χ3v) is 1.76. The van der Waals surface area contributed by atoms with Crippen molar-refractivity contribution in [1.29, 1.82) is 0 Å². The second kappa shape index (κ2) is 4.36. The van der Waals surface area contributed by atoms with Gasteiger partial charge in [-0.3, -0.25) is 4.98 Å². The molecule has 76 valence electrons. The smallest absolute Gasteiger partial charge is 0.263 e. The first kappa shape index (κ1) is 9.39. The predicted molar refractivity (Wildman–Crippen MR) is 56.2 cm³/mol. The van der Waals surface area contributed by atoms with Crippen molar-refractivity contribution in [3.8, 4) is 11.5 Å². The second-order valence-electron chi connectivity index (χ2n) is 2.83. The van der Waals surface area contributed by atoms with Crippen LogP contribution in [0.3, 0.4) is 0 Å². The molecule has 2 aromatic rings. The fourth-order valence-electron chi connectivity index (χ4n) is 1.07. The van der Waals surface area contributed by atoms with Crippen molar-refractivity contribution in [2.24, 2.45) is 0 Å². The van der Waals surface area contributed by atoms with Crippen LogP contribution in [0, 0.1) is 0 Å². The summed E-state index contributed by atoms with van der Waals surface area (Å²) in [5.74, 6) is 0.936. The van der Waals surface area contributed by atoms with Crippen LogP contribution in [0.5, 0.6) is 0 Å². The lowest BCUT2D eigenvalue weighted by Gasteiger charge is -1.92. The summed E-state index contributed by atoms with van der Waals surface area (Å²) in [5, 5.41) is 6.70. The summed E-state index contributed by atoms with van der Waals surface area (Å²) in [6.07, 6.45) is 5.08. The van der Waals surface area contributed by atoms with Gasteiger partial charge in [0.05, 0.1) is 0 Å². The maximum Gasteiger partial charge on any atom is 0.263 e. The lowest BCUT2D eigenvalue weighted by atomic mass is 10.3. The Morgan fingerprint density at radius 2 is 2.20 bits per heavy atom. The summed E-state index contributed by atoms with van der Waals surface area (Å²) in [6, 6.07) is 3.62. The largest absolute Gasteiger partial charge is 0.348 e. The van der Waals surface area contributed by atoms with Crippen LogP contribution in [-0.4, -0.2) is 21.7 Å². The summed E-state index contributed by atoms with van der Waals surface area (Å²) in [6.45, 7) is 4.19. The molecule has 0 saturated heterocycles. The van der Waals surface area contributed by atoms with Crippen LogP contribution >= 0.6 is 0 Å². The number of rotatable bonds is 4. The Hall–Kier alpha value is -2.17. The molecule has 2 rings (SSSR count). The average molecular weight is 202 g/mol. The van der Waals surface area contributed by atoms with Crippen molar-refractivity contribution in [1.82, 2.24) is 15.1 Å². The molecule has 0 spiro atoms. The minimum absolute atomic E-state index is 0.460. The first-order chi connectivity index (χ1) is 7.40. The first-order valence-electron chi connectivity index (χ1n) is 4.49. The van der Waals surface area contributed by atoms with Crippen molar-refractivity contribution in [2.45, 2.75) is 0 Å². The summed E-state index contributed by atoms with van der Waals surface area (Å²) in [7, 11) is 0. The zero-order valence-corrected chi connectivity index (χ0v) is 8.05. The van der Waals surface area contributed by atoms with E-state index in [4.69, 9.17) is 4.52 Å². The molecule has 15 heavy (non-hydrogen) atoms. The molecule has 1 N–H and O–H groups in total. The van der Waals surface area contributed by atoms with Gasteiger partial charge < -0.3 is 9.84 Å². The molecule has 5 nitrogen and oxygen atoms in total. The molecule has 0 amide bonds. The highest BCUT2D eigenvalue weighted by Gasteiger charge is 2.06. The standard InChI is InChI=1S/C10H10N4O/c1-2-5-12-10-13-9(15-14-10)8-3-6-11-7-4-8/h2-4,6-7H,1,5H2,(H,12,14). The highest BCUT2D eigenvalue weighted by molar-refractivity contribution is 5.52. The summed E-state index contributed by atoms with van der Waals surface area (Å²) in [5.41, 5.74) is 0.851. The van der Waals surface area contributed by atoms with E-state index in [-0.39, 0.29) is 0 Å². The topological polar surface area (TPSA) is 63.8 Å². The number of pyridine rings is 1. The minimum Gasteiger partial charge on any atom is -0.348 e. The molecule has 5 heteroatoms. The molecule has 0 aliphatic heterocycles. The lowest BCUT2D eigenvalue weighted by molar-refractivity contribution is 0.432. The third kappa shape index (κ3) is 2.19. The Morgan fingerprint density at radius 3 is 2.93 bits per heavy atom.